The molecular formula is C16H20N6O2. The number of anilines is 2. The number of nitro groups is 1. The summed E-state index contributed by atoms with van der Waals surface area (Å²) in [5, 5.41) is 14.9. The third-order valence-corrected chi connectivity index (χ3v) is 3.18. The molecule has 1 aromatic carbocycles. The largest absolute Gasteiger partial charge is 0.363 e. The summed E-state index contributed by atoms with van der Waals surface area (Å²) in [4.78, 5) is 21.1. The molecule has 1 heterocycles. The van der Waals surface area contributed by atoms with E-state index in [4.69, 9.17) is 0 Å². The van der Waals surface area contributed by atoms with Gasteiger partial charge in [-0.3, -0.25) is 15.5 Å². The highest BCUT2D eigenvalue weighted by Gasteiger charge is 2.09. The predicted molar refractivity (Wildman–Crippen MR) is 94.8 cm³/mol. The molecule has 0 bridgehead atoms. The smallest absolute Gasteiger partial charge is 0.270 e. The Morgan fingerprint density at radius 3 is 2.67 bits per heavy atom. The quantitative estimate of drug-likeness (QED) is 0.497. The van der Waals surface area contributed by atoms with Crippen molar-refractivity contribution in [2.45, 2.75) is 19.8 Å². The van der Waals surface area contributed by atoms with Gasteiger partial charge >= 0.3 is 0 Å². The first-order valence-electron chi connectivity index (χ1n) is 7.46. The molecule has 0 aliphatic rings. The van der Waals surface area contributed by atoms with E-state index in [-0.39, 0.29) is 11.6 Å². The Kier molecular flexibility index (Phi) is 5.41. The van der Waals surface area contributed by atoms with Gasteiger partial charge in [0, 0.05) is 43.8 Å². The fourth-order valence-corrected chi connectivity index (χ4v) is 1.89. The molecule has 0 aliphatic heterocycles. The van der Waals surface area contributed by atoms with Gasteiger partial charge in [0.05, 0.1) is 11.1 Å². The molecule has 24 heavy (non-hydrogen) atoms. The molecule has 2 rings (SSSR count). The van der Waals surface area contributed by atoms with Gasteiger partial charge in [-0.25, -0.2) is 9.97 Å². The van der Waals surface area contributed by atoms with Gasteiger partial charge in [-0.15, -0.1) is 0 Å². The van der Waals surface area contributed by atoms with E-state index < -0.39 is 4.92 Å². The lowest BCUT2D eigenvalue weighted by atomic mass is 10.2. The Morgan fingerprint density at radius 1 is 1.29 bits per heavy atom. The van der Waals surface area contributed by atoms with Crippen LogP contribution in [0.15, 0.2) is 35.4 Å². The summed E-state index contributed by atoms with van der Waals surface area (Å²) >= 11 is 0. The molecule has 0 saturated carbocycles. The number of hydrazone groups is 1. The molecule has 8 heteroatoms. The standard InChI is InChI=1S/C16H20N6O2/c1-11(2)16-18-14(9-15(19-16)21(3)4)20-17-10-12-6-5-7-13(8-12)22(23)24/h5-11H,1-4H3,(H,18,19,20)/b17-10+. The average molecular weight is 328 g/mol. The van der Waals surface area contributed by atoms with Crippen LogP contribution >= 0.6 is 0 Å². The van der Waals surface area contributed by atoms with Crippen LogP contribution in [0, 0.1) is 10.1 Å². The molecule has 0 amide bonds. The summed E-state index contributed by atoms with van der Waals surface area (Å²) < 4.78 is 0. The van der Waals surface area contributed by atoms with Crippen LogP contribution in [0.1, 0.15) is 31.2 Å². The number of hydrogen-bond donors (Lipinski definition) is 1. The van der Waals surface area contributed by atoms with E-state index in [0.29, 0.717) is 17.2 Å². The molecular weight excluding hydrogens is 308 g/mol. The minimum atomic E-state index is -0.437. The van der Waals surface area contributed by atoms with E-state index in [1.807, 2.05) is 32.8 Å². The lowest BCUT2D eigenvalue weighted by Gasteiger charge is -2.15. The maximum absolute atomic E-state index is 10.8. The highest BCUT2D eigenvalue weighted by Crippen LogP contribution is 2.18. The monoisotopic (exact) mass is 328 g/mol. The summed E-state index contributed by atoms with van der Waals surface area (Å²) in [5.74, 6) is 2.25. The van der Waals surface area contributed by atoms with Gasteiger partial charge in [0.2, 0.25) is 0 Å². The zero-order valence-corrected chi connectivity index (χ0v) is 14.1. The Balaban J connectivity index is 2.19. The molecule has 1 N–H and O–H groups in total. The third kappa shape index (κ3) is 4.48. The summed E-state index contributed by atoms with van der Waals surface area (Å²) in [7, 11) is 3.81. The fourth-order valence-electron chi connectivity index (χ4n) is 1.89. The Labute approximate surface area is 140 Å². The van der Waals surface area contributed by atoms with Crippen LogP contribution in [0.3, 0.4) is 0 Å². The van der Waals surface area contributed by atoms with Crippen molar-refractivity contribution in [3.8, 4) is 0 Å². The SMILES string of the molecule is CC(C)c1nc(N/N=C/c2cccc([N+](=O)[O-])c2)cc(N(C)C)n1. The van der Waals surface area contributed by atoms with Gasteiger partial charge < -0.3 is 4.90 Å². The summed E-state index contributed by atoms with van der Waals surface area (Å²) in [5.41, 5.74) is 3.51. The highest BCUT2D eigenvalue weighted by molar-refractivity contribution is 5.81. The highest BCUT2D eigenvalue weighted by atomic mass is 16.6. The number of aromatic nitrogens is 2. The van der Waals surface area contributed by atoms with E-state index in [9.17, 15) is 10.1 Å². The molecule has 0 saturated heterocycles. The number of nitrogens with zero attached hydrogens (tertiary/aromatic N) is 5. The summed E-state index contributed by atoms with van der Waals surface area (Å²) in [6.07, 6.45) is 1.51. The third-order valence-electron chi connectivity index (χ3n) is 3.18. The maximum Gasteiger partial charge on any atom is 0.270 e. The van der Waals surface area contributed by atoms with Crippen LogP contribution in [-0.2, 0) is 0 Å². The van der Waals surface area contributed by atoms with Crippen molar-refractivity contribution in [1.82, 2.24) is 9.97 Å². The van der Waals surface area contributed by atoms with Crippen molar-refractivity contribution < 1.29 is 4.92 Å². The van der Waals surface area contributed by atoms with E-state index in [0.717, 1.165) is 5.82 Å². The molecule has 0 spiro atoms. The molecule has 0 aliphatic carbocycles. The lowest BCUT2D eigenvalue weighted by molar-refractivity contribution is -0.384. The van der Waals surface area contributed by atoms with Gasteiger partial charge in [-0.1, -0.05) is 26.0 Å². The topological polar surface area (TPSA) is 96.5 Å². The van der Waals surface area contributed by atoms with E-state index in [1.54, 1.807) is 18.2 Å². The van der Waals surface area contributed by atoms with Crippen LogP contribution in [0.25, 0.3) is 0 Å². The van der Waals surface area contributed by atoms with Crippen LogP contribution in [0.5, 0.6) is 0 Å². The number of nitrogens with one attached hydrogen (secondary N) is 1. The Morgan fingerprint density at radius 2 is 2.04 bits per heavy atom. The first-order valence-corrected chi connectivity index (χ1v) is 7.46. The normalized spacial score (nSPS) is 11.0. The van der Waals surface area contributed by atoms with Crippen molar-refractivity contribution in [2.24, 2.45) is 5.10 Å². The molecule has 1 aromatic heterocycles. The van der Waals surface area contributed by atoms with Crippen LogP contribution in [0.2, 0.25) is 0 Å². The predicted octanol–water partition coefficient (Wildman–Crippen LogP) is 3.02. The van der Waals surface area contributed by atoms with E-state index in [1.165, 1.54) is 18.3 Å². The zero-order chi connectivity index (χ0) is 17.7. The summed E-state index contributed by atoms with van der Waals surface area (Å²) in [6.45, 7) is 4.04. The number of nitro benzene ring substituents is 1. The van der Waals surface area contributed by atoms with Gasteiger partial charge in [0.15, 0.2) is 5.82 Å². The first kappa shape index (κ1) is 17.3. The minimum absolute atomic E-state index is 0.0259. The van der Waals surface area contributed by atoms with Crippen molar-refractivity contribution in [2.75, 3.05) is 24.4 Å². The average Bonchev–Trinajstić information content (AvgIpc) is 2.54. The van der Waals surface area contributed by atoms with Gasteiger partial charge in [0.25, 0.3) is 5.69 Å². The second-order valence-corrected chi connectivity index (χ2v) is 5.74. The molecule has 8 nitrogen and oxygen atoms in total. The number of benzene rings is 1. The Bertz CT molecular complexity index is 732. The van der Waals surface area contributed by atoms with E-state index >= 15 is 0 Å². The van der Waals surface area contributed by atoms with Crippen LogP contribution in [0.4, 0.5) is 17.3 Å². The lowest BCUT2D eigenvalue weighted by Crippen LogP contribution is -2.13. The first-order chi connectivity index (χ1) is 11.4. The Hall–Kier alpha value is -3.03. The molecule has 0 atom stereocenters. The number of hydrogen-bond acceptors (Lipinski definition) is 7. The van der Waals surface area contributed by atoms with Crippen LogP contribution < -0.4 is 10.3 Å². The van der Waals surface area contributed by atoms with Gasteiger partial charge in [-0.2, -0.15) is 5.10 Å². The molecule has 126 valence electrons. The minimum Gasteiger partial charge on any atom is -0.363 e. The zero-order valence-electron chi connectivity index (χ0n) is 14.1. The van der Waals surface area contributed by atoms with Crippen molar-refractivity contribution >= 4 is 23.5 Å². The van der Waals surface area contributed by atoms with Crippen LogP contribution in [-0.4, -0.2) is 35.2 Å². The van der Waals surface area contributed by atoms with Gasteiger partial charge in [-0.05, 0) is 0 Å². The van der Waals surface area contributed by atoms with Crippen molar-refractivity contribution in [3.05, 3.63) is 51.8 Å². The van der Waals surface area contributed by atoms with Crippen molar-refractivity contribution in [3.63, 3.8) is 0 Å². The number of non-ortho nitro benzene ring substituents is 1. The van der Waals surface area contributed by atoms with E-state index in [2.05, 4.69) is 20.5 Å². The second kappa shape index (κ2) is 7.49. The molecule has 2 aromatic rings. The molecule has 0 unspecified atom stereocenters. The number of rotatable bonds is 6. The van der Waals surface area contributed by atoms with Crippen molar-refractivity contribution in [1.29, 1.82) is 0 Å². The summed E-state index contributed by atoms with van der Waals surface area (Å²) in [6, 6.07) is 8.04. The fraction of sp³-hybridized carbons (Fsp3) is 0.312. The second-order valence-electron chi connectivity index (χ2n) is 5.74. The molecule has 0 fully saturated rings. The molecule has 0 radical (unpaired) electrons. The van der Waals surface area contributed by atoms with Gasteiger partial charge in [0.1, 0.15) is 11.6 Å². The maximum atomic E-state index is 10.8.